The highest BCUT2D eigenvalue weighted by molar-refractivity contribution is 7.22. The highest BCUT2D eigenvalue weighted by Crippen LogP contribution is 2.34. The molecule has 106 valence electrons. The van der Waals surface area contributed by atoms with E-state index in [1.165, 1.54) is 15.8 Å². The fourth-order valence-corrected chi connectivity index (χ4v) is 3.51. The van der Waals surface area contributed by atoms with Gasteiger partial charge in [0.25, 0.3) is 0 Å². The maximum Gasteiger partial charge on any atom is 0.226 e. The molecule has 1 N–H and O–H groups in total. The Bertz CT molecular complexity index is 658. The van der Waals surface area contributed by atoms with Crippen LogP contribution in [-0.2, 0) is 4.79 Å². The third kappa shape index (κ3) is 2.16. The van der Waals surface area contributed by atoms with Gasteiger partial charge in [-0.1, -0.05) is 17.4 Å². The van der Waals surface area contributed by atoms with E-state index in [9.17, 15) is 4.79 Å². The van der Waals surface area contributed by atoms with Crippen LogP contribution in [0.15, 0.2) is 12.1 Å². The molecule has 2 aromatic rings. The lowest BCUT2D eigenvalue weighted by Crippen LogP contribution is -2.53. The van der Waals surface area contributed by atoms with Crippen LogP contribution in [0.2, 0.25) is 0 Å². The lowest BCUT2D eigenvalue weighted by Gasteiger charge is -2.37. The summed E-state index contributed by atoms with van der Waals surface area (Å²) in [6.07, 6.45) is 0. The molecule has 1 aromatic carbocycles. The summed E-state index contributed by atoms with van der Waals surface area (Å²) < 4.78 is 1.23. The molecule has 20 heavy (non-hydrogen) atoms. The molecular weight excluding hydrogens is 270 g/mol. The number of rotatable bonds is 3. The normalized spacial score (nSPS) is 15.4. The number of nitrogens with one attached hydrogen (secondary N) is 1. The maximum absolute atomic E-state index is 11.7. The average Bonchev–Trinajstić information content (AvgIpc) is 2.77. The fourth-order valence-electron chi connectivity index (χ4n) is 2.47. The van der Waals surface area contributed by atoms with Gasteiger partial charge in [-0.25, -0.2) is 4.98 Å². The summed E-state index contributed by atoms with van der Waals surface area (Å²) in [6.45, 7) is 8.45. The van der Waals surface area contributed by atoms with Crippen molar-refractivity contribution in [2.75, 3.05) is 24.5 Å². The van der Waals surface area contributed by atoms with E-state index < -0.39 is 0 Å². The summed E-state index contributed by atoms with van der Waals surface area (Å²) in [6, 6.07) is 4.28. The van der Waals surface area contributed by atoms with Crippen LogP contribution in [0.25, 0.3) is 10.2 Å². The van der Waals surface area contributed by atoms with E-state index in [4.69, 9.17) is 4.98 Å². The van der Waals surface area contributed by atoms with Crippen molar-refractivity contribution in [3.8, 4) is 0 Å². The van der Waals surface area contributed by atoms with Crippen LogP contribution in [0, 0.1) is 19.8 Å². The molecule has 0 radical (unpaired) electrons. The molecule has 0 spiro atoms. The van der Waals surface area contributed by atoms with Crippen molar-refractivity contribution in [1.82, 2.24) is 10.3 Å². The summed E-state index contributed by atoms with van der Waals surface area (Å²) in [4.78, 5) is 18.7. The van der Waals surface area contributed by atoms with Gasteiger partial charge < -0.3 is 10.2 Å². The summed E-state index contributed by atoms with van der Waals surface area (Å²) in [7, 11) is 0. The number of aromatic nitrogens is 1. The minimum atomic E-state index is 0.116. The van der Waals surface area contributed by atoms with Crippen molar-refractivity contribution >= 4 is 32.6 Å². The van der Waals surface area contributed by atoms with Crippen LogP contribution in [0.5, 0.6) is 0 Å². The van der Waals surface area contributed by atoms with Gasteiger partial charge in [0, 0.05) is 19.6 Å². The van der Waals surface area contributed by atoms with Gasteiger partial charge in [-0.3, -0.25) is 4.79 Å². The Balaban J connectivity index is 1.77. The number of fused-ring (bicyclic) bond motifs is 1. The van der Waals surface area contributed by atoms with E-state index in [1.54, 1.807) is 11.3 Å². The largest absolute Gasteiger partial charge is 0.356 e. The number of benzene rings is 1. The van der Waals surface area contributed by atoms with E-state index >= 15 is 0 Å². The van der Waals surface area contributed by atoms with E-state index in [2.05, 4.69) is 36.2 Å². The highest BCUT2D eigenvalue weighted by atomic mass is 32.1. The van der Waals surface area contributed by atoms with E-state index in [0.29, 0.717) is 6.54 Å². The minimum Gasteiger partial charge on any atom is -0.356 e. The van der Waals surface area contributed by atoms with E-state index in [1.807, 2.05) is 6.92 Å². The summed E-state index contributed by atoms with van der Waals surface area (Å²) in [5.41, 5.74) is 3.63. The number of nitrogens with zero attached hydrogens (tertiary/aromatic N) is 2. The van der Waals surface area contributed by atoms with Gasteiger partial charge in [0.05, 0.1) is 16.1 Å². The molecule has 1 aliphatic heterocycles. The molecule has 0 aliphatic carbocycles. The zero-order valence-corrected chi connectivity index (χ0v) is 12.9. The zero-order chi connectivity index (χ0) is 14.3. The molecule has 0 atom stereocenters. The van der Waals surface area contributed by atoms with Crippen LogP contribution < -0.4 is 10.2 Å². The lowest BCUT2D eigenvalue weighted by atomic mass is 10.0. The number of thiazole rings is 1. The average molecular weight is 289 g/mol. The molecule has 1 saturated heterocycles. The predicted octanol–water partition coefficient (Wildman–Crippen LogP) is 2.49. The van der Waals surface area contributed by atoms with Gasteiger partial charge in [0.15, 0.2) is 5.13 Å². The standard InChI is InChI=1S/C15H19N3OS/c1-4-16-14(19)11-7-18(8-11)15-17-13-10(3)9(2)5-6-12(13)20-15/h5-6,11H,4,7-8H2,1-3H3,(H,16,19). The molecule has 4 nitrogen and oxygen atoms in total. The van der Waals surface area contributed by atoms with Gasteiger partial charge in [0.2, 0.25) is 5.91 Å². The minimum absolute atomic E-state index is 0.116. The Morgan fingerprint density at radius 3 is 2.90 bits per heavy atom. The first-order valence-corrected chi connectivity index (χ1v) is 7.81. The molecule has 1 fully saturated rings. The lowest BCUT2D eigenvalue weighted by molar-refractivity contribution is -0.125. The van der Waals surface area contributed by atoms with Gasteiger partial charge in [-0.05, 0) is 38.0 Å². The zero-order valence-electron chi connectivity index (χ0n) is 12.1. The first kappa shape index (κ1) is 13.4. The van der Waals surface area contributed by atoms with Crippen molar-refractivity contribution in [3.05, 3.63) is 23.3 Å². The highest BCUT2D eigenvalue weighted by Gasteiger charge is 2.34. The number of hydrogen-bond acceptors (Lipinski definition) is 4. The Kier molecular flexibility index (Phi) is 3.38. The molecule has 0 saturated carbocycles. The van der Waals surface area contributed by atoms with Crippen LogP contribution in [-0.4, -0.2) is 30.5 Å². The first-order valence-electron chi connectivity index (χ1n) is 6.99. The Morgan fingerprint density at radius 2 is 2.20 bits per heavy atom. The van der Waals surface area contributed by atoms with Gasteiger partial charge in [0.1, 0.15) is 0 Å². The maximum atomic E-state index is 11.7. The number of amides is 1. The van der Waals surface area contributed by atoms with Crippen molar-refractivity contribution in [2.24, 2.45) is 5.92 Å². The van der Waals surface area contributed by atoms with Crippen LogP contribution >= 0.6 is 11.3 Å². The summed E-state index contributed by atoms with van der Waals surface area (Å²) >= 11 is 1.71. The Labute approximate surface area is 122 Å². The molecular formula is C15H19N3OS. The van der Waals surface area contributed by atoms with Gasteiger partial charge in [-0.2, -0.15) is 0 Å². The molecule has 5 heteroatoms. The second-order valence-corrected chi connectivity index (χ2v) is 6.36. The first-order chi connectivity index (χ1) is 9.60. The quantitative estimate of drug-likeness (QED) is 0.944. The third-order valence-corrected chi connectivity index (χ3v) is 5.03. The number of aryl methyl sites for hydroxylation is 2. The van der Waals surface area contributed by atoms with Gasteiger partial charge >= 0.3 is 0 Å². The molecule has 1 aromatic heterocycles. The SMILES string of the molecule is CCNC(=O)C1CN(c2nc3c(C)c(C)ccc3s2)C1. The van der Waals surface area contributed by atoms with E-state index in [0.717, 1.165) is 23.7 Å². The monoisotopic (exact) mass is 289 g/mol. The molecule has 0 bridgehead atoms. The molecule has 1 aliphatic rings. The number of carbonyl (C=O) groups excluding carboxylic acids is 1. The van der Waals surface area contributed by atoms with Crippen molar-refractivity contribution < 1.29 is 4.79 Å². The summed E-state index contributed by atoms with van der Waals surface area (Å²) in [5.74, 6) is 0.279. The molecule has 1 amide bonds. The number of anilines is 1. The predicted molar refractivity (Wildman–Crippen MR) is 83.5 cm³/mol. The van der Waals surface area contributed by atoms with Crippen molar-refractivity contribution in [2.45, 2.75) is 20.8 Å². The third-order valence-electron chi connectivity index (χ3n) is 3.95. The molecule has 2 heterocycles. The Hall–Kier alpha value is -1.62. The second-order valence-electron chi connectivity index (χ2n) is 5.35. The number of hydrogen-bond donors (Lipinski definition) is 1. The smallest absolute Gasteiger partial charge is 0.226 e. The molecule has 0 unspecified atom stereocenters. The second kappa shape index (κ2) is 5.05. The fraction of sp³-hybridized carbons (Fsp3) is 0.467. The Morgan fingerprint density at radius 1 is 1.45 bits per heavy atom. The van der Waals surface area contributed by atoms with Crippen molar-refractivity contribution in [1.29, 1.82) is 0 Å². The topological polar surface area (TPSA) is 45.2 Å². The van der Waals surface area contributed by atoms with Gasteiger partial charge in [-0.15, -0.1) is 0 Å². The molecule has 3 rings (SSSR count). The summed E-state index contributed by atoms with van der Waals surface area (Å²) in [5, 5.41) is 3.92. The van der Waals surface area contributed by atoms with Crippen LogP contribution in [0.3, 0.4) is 0 Å². The van der Waals surface area contributed by atoms with Crippen LogP contribution in [0.4, 0.5) is 5.13 Å². The number of carbonyl (C=O) groups is 1. The van der Waals surface area contributed by atoms with E-state index in [-0.39, 0.29) is 11.8 Å². The van der Waals surface area contributed by atoms with Crippen molar-refractivity contribution in [3.63, 3.8) is 0 Å². The van der Waals surface area contributed by atoms with Crippen LogP contribution in [0.1, 0.15) is 18.1 Å².